The summed E-state index contributed by atoms with van der Waals surface area (Å²) < 4.78 is 0. The lowest BCUT2D eigenvalue weighted by Gasteiger charge is -2.37. The van der Waals surface area contributed by atoms with Gasteiger partial charge in [-0.2, -0.15) is 0 Å². The van der Waals surface area contributed by atoms with E-state index in [1.807, 2.05) is 0 Å². The second-order valence-corrected chi connectivity index (χ2v) is 4.66. The SMILES string of the molecule is Cc1[nH]cc(C(=O)N2CC(C)C2)c(=O)c1Cl. The summed E-state index contributed by atoms with van der Waals surface area (Å²) in [6.07, 6.45) is 1.44. The van der Waals surface area contributed by atoms with Gasteiger partial charge in [-0.25, -0.2) is 0 Å². The lowest BCUT2D eigenvalue weighted by molar-refractivity contribution is 0.0528. The maximum absolute atomic E-state index is 11.9. The van der Waals surface area contributed by atoms with Gasteiger partial charge in [0, 0.05) is 25.0 Å². The normalized spacial score (nSPS) is 16.1. The first-order chi connectivity index (χ1) is 7.50. The van der Waals surface area contributed by atoms with E-state index in [9.17, 15) is 9.59 Å². The number of hydrogen-bond donors (Lipinski definition) is 1. The van der Waals surface area contributed by atoms with Crippen molar-refractivity contribution in [1.29, 1.82) is 0 Å². The summed E-state index contributed by atoms with van der Waals surface area (Å²) >= 11 is 5.81. The highest BCUT2D eigenvalue weighted by Gasteiger charge is 2.29. The molecule has 1 N–H and O–H groups in total. The Bertz CT molecular complexity index is 489. The second kappa shape index (κ2) is 3.94. The van der Waals surface area contributed by atoms with Crippen molar-refractivity contribution in [2.45, 2.75) is 13.8 Å². The molecule has 0 saturated carbocycles. The number of nitrogens with zero attached hydrogens (tertiary/aromatic N) is 1. The molecule has 1 fully saturated rings. The third-order valence-electron chi connectivity index (χ3n) is 2.79. The number of likely N-dealkylation sites (tertiary alicyclic amines) is 1. The zero-order chi connectivity index (χ0) is 11.9. The molecule has 0 bridgehead atoms. The van der Waals surface area contributed by atoms with Crippen molar-refractivity contribution >= 4 is 17.5 Å². The van der Waals surface area contributed by atoms with Crippen LogP contribution >= 0.6 is 11.6 Å². The van der Waals surface area contributed by atoms with Crippen molar-refractivity contribution in [3.63, 3.8) is 0 Å². The van der Waals surface area contributed by atoms with Crippen LogP contribution in [0.25, 0.3) is 0 Å². The summed E-state index contributed by atoms with van der Waals surface area (Å²) in [5.74, 6) is 0.283. The number of rotatable bonds is 1. The van der Waals surface area contributed by atoms with E-state index in [0.717, 1.165) is 0 Å². The highest BCUT2D eigenvalue weighted by atomic mass is 35.5. The second-order valence-electron chi connectivity index (χ2n) is 4.29. The third kappa shape index (κ3) is 1.73. The minimum Gasteiger partial charge on any atom is -0.363 e. The van der Waals surface area contributed by atoms with Crippen LogP contribution in [0.5, 0.6) is 0 Å². The van der Waals surface area contributed by atoms with Crippen molar-refractivity contribution < 1.29 is 4.79 Å². The first-order valence-corrected chi connectivity index (χ1v) is 5.55. The van der Waals surface area contributed by atoms with Gasteiger partial charge in [0.1, 0.15) is 10.6 Å². The molecule has 1 aliphatic heterocycles. The summed E-state index contributed by atoms with van der Waals surface area (Å²) in [5.41, 5.74) is 0.324. The zero-order valence-corrected chi connectivity index (χ0v) is 9.97. The van der Waals surface area contributed by atoms with Crippen LogP contribution in [0.4, 0.5) is 0 Å². The number of halogens is 1. The Kier molecular flexibility index (Phi) is 2.76. The molecule has 1 amide bonds. The van der Waals surface area contributed by atoms with Gasteiger partial charge >= 0.3 is 0 Å². The van der Waals surface area contributed by atoms with Gasteiger partial charge < -0.3 is 9.88 Å². The number of aromatic amines is 1. The summed E-state index contributed by atoms with van der Waals surface area (Å²) in [7, 11) is 0. The van der Waals surface area contributed by atoms with E-state index in [1.54, 1.807) is 11.8 Å². The van der Waals surface area contributed by atoms with Crippen molar-refractivity contribution in [2.24, 2.45) is 5.92 Å². The lowest BCUT2D eigenvalue weighted by Crippen LogP contribution is -2.49. The largest absolute Gasteiger partial charge is 0.363 e. The predicted octanol–water partition coefficient (Wildman–Crippen LogP) is 1.43. The average molecular weight is 241 g/mol. The Balaban J connectivity index is 2.31. The fourth-order valence-electron chi connectivity index (χ4n) is 1.79. The van der Waals surface area contributed by atoms with Crippen LogP contribution in [0, 0.1) is 12.8 Å². The average Bonchev–Trinajstić information content (AvgIpc) is 2.21. The van der Waals surface area contributed by atoms with Crippen molar-refractivity contribution in [3.05, 3.63) is 32.7 Å². The molecule has 5 heteroatoms. The van der Waals surface area contributed by atoms with E-state index in [-0.39, 0.29) is 21.9 Å². The number of carbonyl (C=O) groups excluding carboxylic acids is 1. The molecule has 0 unspecified atom stereocenters. The van der Waals surface area contributed by atoms with Gasteiger partial charge in [0.05, 0.1) is 0 Å². The van der Waals surface area contributed by atoms with Crippen LogP contribution in [-0.2, 0) is 0 Å². The Morgan fingerprint density at radius 3 is 2.75 bits per heavy atom. The molecular weight excluding hydrogens is 228 g/mol. The minimum absolute atomic E-state index is 0.0967. The summed E-state index contributed by atoms with van der Waals surface area (Å²) in [5, 5.41) is 0.0967. The summed E-state index contributed by atoms with van der Waals surface area (Å²) in [6, 6.07) is 0. The van der Waals surface area contributed by atoms with Gasteiger partial charge in [0.2, 0.25) is 5.43 Å². The third-order valence-corrected chi connectivity index (χ3v) is 3.24. The Morgan fingerprint density at radius 2 is 2.19 bits per heavy atom. The number of aromatic nitrogens is 1. The molecule has 2 heterocycles. The molecule has 4 nitrogen and oxygen atoms in total. The number of amides is 1. The van der Waals surface area contributed by atoms with Gasteiger partial charge in [-0.05, 0) is 12.8 Å². The van der Waals surface area contributed by atoms with Crippen molar-refractivity contribution in [3.8, 4) is 0 Å². The summed E-state index contributed by atoms with van der Waals surface area (Å²) in [6.45, 7) is 5.19. The van der Waals surface area contributed by atoms with Crippen LogP contribution in [0.3, 0.4) is 0 Å². The maximum atomic E-state index is 11.9. The fraction of sp³-hybridized carbons (Fsp3) is 0.455. The van der Waals surface area contributed by atoms with Crippen molar-refractivity contribution in [2.75, 3.05) is 13.1 Å². The van der Waals surface area contributed by atoms with Crippen LogP contribution < -0.4 is 5.43 Å². The molecule has 1 saturated heterocycles. The van der Waals surface area contributed by atoms with Crippen molar-refractivity contribution in [1.82, 2.24) is 9.88 Å². The van der Waals surface area contributed by atoms with E-state index in [0.29, 0.717) is 24.7 Å². The molecule has 0 aromatic carbocycles. The van der Waals surface area contributed by atoms with E-state index < -0.39 is 0 Å². The van der Waals surface area contributed by atoms with Crippen LogP contribution in [0.15, 0.2) is 11.0 Å². The number of aryl methyl sites for hydroxylation is 1. The molecule has 86 valence electrons. The molecule has 16 heavy (non-hydrogen) atoms. The Morgan fingerprint density at radius 1 is 1.56 bits per heavy atom. The van der Waals surface area contributed by atoms with Crippen LogP contribution in [0.1, 0.15) is 23.0 Å². The fourth-order valence-corrected chi connectivity index (χ4v) is 1.95. The molecule has 2 rings (SSSR count). The predicted molar refractivity (Wildman–Crippen MR) is 61.9 cm³/mol. The van der Waals surface area contributed by atoms with Gasteiger partial charge in [0.15, 0.2) is 0 Å². The first kappa shape index (κ1) is 11.2. The Hall–Kier alpha value is -1.29. The van der Waals surface area contributed by atoms with Gasteiger partial charge in [-0.1, -0.05) is 18.5 Å². The van der Waals surface area contributed by atoms with Gasteiger partial charge in [-0.15, -0.1) is 0 Å². The molecule has 1 aromatic rings. The Labute approximate surface area is 98.2 Å². The maximum Gasteiger partial charge on any atom is 0.259 e. The van der Waals surface area contributed by atoms with Crippen LogP contribution in [-0.4, -0.2) is 28.9 Å². The molecule has 0 spiro atoms. The zero-order valence-electron chi connectivity index (χ0n) is 9.21. The number of H-pyrrole nitrogens is 1. The van der Waals surface area contributed by atoms with Gasteiger partial charge in [-0.3, -0.25) is 9.59 Å². The highest BCUT2D eigenvalue weighted by Crippen LogP contribution is 2.17. The molecule has 1 aliphatic rings. The van der Waals surface area contributed by atoms with Gasteiger partial charge in [0.25, 0.3) is 5.91 Å². The molecule has 1 aromatic heterocycles. The molecule has 0 aliphatic carbocycles. The van der Waals surface area contributed by atoms with E-state index in [4.69, 9.17) is 11.6 Å². The molecule has 0 radical (unpaired) electrons. The monoisotopic (exact) mass is 240 g/mol. The number of nitrogens with one attached hydrogen (secondary N) is 1. The number of pyridine rings is 1. The quantitative estimate of drug-likeness (QED) is 0.807. The minimum atomic E-state index is -0.387. The van der Waals surface area contributed by atoms with E-state index in [1.165, 1.54) is 6.20 Å². The standard InChI is InChI=1S/C11H13ClN2O2/c1-6-4-14(5-6)11(16)8-3-13-7(2)9(12)10(8)15/h3,6H,4-5H2,1-2H3,(H,13,15). The number of hydrogen-bond acceptors (Lipinski definition) is 2. The lowest BCUT2D eigenvalue weighted by atomic mass is 10.0. The topological polar surface area (TPSA) is 53.2 Å². The van der Waals surface area contributed by atoms with E-state index in [2.05, 4.69) is 11.9 Å². The number of carbonyl (C=O) groups is 1. The summed E-state index contributed by atoms with van der Waals surface area (Å²) in [4.78, 5) is 28.1. The first-order valence-electron chi connectivity index (χ1n) is 5.17. The molecular formula is C11H13ClN2O2. The molecule has 0 atom stereocenters. The van der Waals surface area contributed by atoms with E-state index >= 15 is 0 Å². The highest BCUT2D eigenvalue weighted by molar-refractivity contribution is 6.31. The van der Waals surface area contributed by atoms with Crippen LogP contribution in [0.2, 0.25) is 5.02 Å². The smallest absolute Gasteiger partial charge is 0.259 e.